The Hall–Kier alpha value is -1.62. The Morgan fingerprint density at radius 3 is 3.05 bits per heavy atom. The van der Waals surface area contributed by atoms with Gasteiger partial charge in [0.2, 0.25) is 0 Å². The lowest BCUT2D eigenvalue weighted by molar-refractivity contribution is 0.0903. The highest BCUT2D eigenvalue weighted by Crippen LogP contribution is 2.17. The van der Waals surface area contributed by atoms with Gasteiger partial charge in [-0.25, -0.2) is 4.39 Å². The topological polar surface area (TPSA) is 52.6 Å². The first-order valence-corrected chi connectivity index (χ1v) is 7.12. The zero-order valence-corrected chi connectivity index (χ0v) is 11.7. The van der Waals surface area contributed by atoms with Gasteiger partial charge in [-0.15, -0.1) is 0 Å². The van der Waals surface area contributed by atoms with Gasteiger partial charge in [0, 0.05) is 18.2 Å². The van der Waals surface area contributed by atoms with Crippen molar-refractivity contribution in [3.8, 4) is 5.75 Å². The molecule has 0 radical (unpaired) electrons. The Morgan fingerprint density at radius 2 is 2.35 bits per heavy atom. The summed E-state index contributed by atoms with van der Waals surface area (Å²) in [7, 11) is 0. The van der Waals surface area contributed by atoms with Crippen LogP contribution < -0.4 is 5.32 Å². The van der Waals surface area contributed by atoms with Crippen LogP contribution in [0.15, 0.2) is 18.2 Å². The van der Waals surface area contributed by atoms with Gasteiger partial charge in [0.1, 0.15) is 0 Å². The van der Waals surface area contributed by atoms with Crippen molar-refractivity contribution in [2.75, 3.05) is 19.6 Å². The molecule has 0 saturated carbocycles. The predicted molar refractivity (Wildman–Crippen MR) is 75.3 cm³/mol. The van der Waals surface area contributed by atoms with Crippen molar-refractivity contribution in [1.29, 1.82) is 0 Å². The Morgan fingerprint density at radius 1 is 1.55 bits per heavy atom. The second-order valence-electron chi connectivity index (χ2n) is 5.28. The molecule has 1 heterocycles. The molecule has 1 amide bonds. The number of aromatic hydroxyl groups is 1. The maximum atomic E-state index is 13.0. The van der Waals surface area contributed by atoms with E-state index in [1.807, 2.05) is 0 Å². The van der Waals surface area contributed by atoms with Gasteiger partial charge in [0.05, 0.1) is 0 Å². The number of hydrogen-bond acceptors (Lipinski definition) is 3. The molecule has 1 atom stereocenters. The average molecular weight is 280 g/mol. The maximum Gasteiger partial charge on any atom is 0.251 e. The number of phenols is 1. The van der Waals surface area contributed by atoms with Gasteiger partial charge in [-0.05, 0) is 50.6 Å². The molecular weight excluding hydrogens is 259 g/mol. The van der Waals surface area contributed by atoms with Crippen molar-refractivity contribution in [1.82, 2.24) is 10.2 Å². The van der Waals surface area contributed by atoms with Crippen LogP contribution in [0.4, 0.5) is 4.39 Å². The molecule has 2 N–H and O–H groups in total. The minimum Gasteiger partial charge on any atom is -0.505 e. The molecule has 20 heavy (non-hydrogen) atoms. The van der Waals surface area contributed by atoms with Gasteiger partial charge in [-0.1, -0.05) is 6.92 Å². The molecule has 1 aliphatic rings. The Bertz CT molecular complexity index is 477. The number of halogens is 1. The highest BCUT2D eigenvalue weighted by atomic mass is 19.1. The highest BCUT2D eigenvalue weighted by molar-refractivity contribution is 5.94. The third-order valence-electron chi connectivity index (χ3n) is 3.59. The number of carbonyl (C=O) groups excluding carboxylic acids is 1. The van der Waals surface area contributed by atoms with Gasteiger partial charge in [0.25, 0.3) is 5.91 Å². The summed E-state index contributed by atoms with van der Waals surface area (Å²) in [6, 6.07) is 3.78. The summed E-state index contributed by atoms with van der Waals surface area (Å²) < 4.78 is 13.0. The number of nitrogens with zero attached hydrogens (tertiary/aromatic N) is 1. The summed E-state index contributed by atoms with van der Waals surface area (Å²) in [5.41, 5.74) is 0.288. The van der Waals surface area contributed by atoms with Crippen molar-refractivity contribution < 1.29 is 14.3 Å². The number of benzene rings is 1. The number of amides is 1. The Kier molecular flexibility index (Phi) is 4.95. The Labute approximate surface area is 118 Å². The standard InChI is InChI=1S/C15H21FN2O2/c1-2-7-18-8-3-4-12(10-18)17-15(20)11-5-6-13(16)14(19)9-11/h5-6,9,12,19H,2-4,7-8,10H2,1H3,(H,17,20). The lowest BCUT2D eigenvalue weighted by Crippen LogP contribution is -2.47. The Balaban J connectivity index is 1.95. The van der Waals surface area contributed by atoms with Crippen LogP contribution in [-0.4, -0.2) is 41.6 Å². The lowest BCUT2D eigenvalue weighted by Gasteiger charge is -2.32. The smallest absolute Gasteiger partial charge is 0.251 e. The van der Waals surface area contributed by atoms with Gasteiger partial charge in [-0.2, -0.15) is 0 Å². The number of rotatable bonds is 4. The zero-order chi connectivity index (χ0) is 14.5. The summed E-state index contributed by atoms with van der Waals surface area (Å²) in [5, 5.41) is 12.3. The summed E-state index contributed by atoms with van der Waals surface area (Å²) in [6.07, 6.45) is 3.13. The van der Waals surface area contributed by atoms with Crippen molar-refractivity contribution in [3.05, 3.63) is 29.6 Å². The van der Waals surface area contributed by atoms with Crippen LogP contribution in [0.5, 0.6) is 5.75 Å². The van der Waals surface area contributed by atoms with E-state index in [-0.39, 0.29) is 17.5 Å². The highest BCUT2D eigenvalue weighted by Gasteiger charge is 2.21. The molecule has 1 aromatic rings. The molecule has 1 fully saturated rings. The molecule has 1 aromatic carbocycles. The summed E-state index contributed by atoms with van der Waals surface area (Å²) in [4.78, 5) is 14.4. The first-order chi connectivity index (χ1) is 9.60. The zero-order valence-electron chi connectivity index (χ0n) is 11.7. The number of hydrogen-bond donors (Lipinski definition) is 2. The van der Waals surface area contributed by atoms with E-state index < -0.39 is 11.6 Å². The van der Waals surface area contributed by atoms with Crippen LogP contribution in [-0.2, 0) is 0 Å². The third kappa shape index (κ3) is 3.70. The first kappa shape index (κ1) is 14.8. The second-order valence-corrected chi connectivity index (χ2v) is 5.28. The van der Waals surface area contributed by atoms with Crippen LogP contribution >= 0.6 is 0 Å². The molecule has 0 bridgehead atoms. The van der Waals surface area contributed by atoms with E-state index in [0.717, 1.165) is 51.0 Å². The van der Waals surface area contributed by atoms with Crippen LogP contribution in [0.1, 0.15) is 36.5 Å². The normalized spacial score (nSPS) is 19.8. The van der Waals surface area contributed by atoms with Crippen LogP contribution in [0, 0.1) is 5.82 Å². The summed E-state index contributed by atoms with van der Waals surface area (Å²) in [6.45, 7) is 5.12. The minimum atomic E-state index is -0.715. The third-order valence-corrected chi connectivity index (χ3v) is 3.59. The second kappa shape index (κ2) is 6.70. The average Bonchev–Trinajstić information content (AvgIpc) is 2.42. The quantitative estimate of drug-likeness (QED) is 0.888. The molecule has 4 nitrogen and oxygen atoms in total. The molecule has 0 aliphatic carbocycles. The monoisotopic (exact) mass is 280 g/mol. The molecule has 110 valence electrons. The SMILES string of the molecule is CCCN1CCCC(NC(=O)c2ccc(F)c(O)c2)C1. The lowest BCUT2D eigenvalue weighted by atomic mass is 10.0. The van der Waals surface area contributed by atoms with Gasteiger partial charge in [-0.3, -0.25) is 4.79 Å². The van der Waals surface area contributed by atoms with E-state index in [0.29, 0.717) is 0 Å². The number of likely N-dealkylation sites (tertiary alicyclic amines) is 1. The molecule has 0 spiro atoms. The molecule has 2 rings (SSSR count). The van der Waals surface area contributed by atoms with Gasteiger partial charge >= 0.3 is 0 Å². The fourth-order valence-electron chi connectivity index (χ4n) is 2.62. The van der Waals surface area contributed by atoms with Gasteiger partial charge in [0.15, 0.2) is 11.6 Å². The largest absolute Gasteiger partial charge is 0.505 e. The van der Waals surface area contributed by atoms with Crippen LogP contribution in [0.25, 0.3) is 0 Å². The number of nitrogens with one attached hydrogen (secondary N) is 1. The van der Waals surface area contributed by atoms with Crippen molar-refractivity contribution in [2.45, 2.75) is 32.2 Å². The number of phenolic OH excluding ortho intramolecular Hbond substituents is 1. The predicted octanol–water partition coefficient (Wildman–Crippen LogP) is 2.14. The first-order valence-electron chi connectivity index (χ1n) is 7.12. The maximum absolute atomic E-state index is 13.0. The molecule has 0 aromatic heterocycles. The van der Waals surface area contributed by atoms with E-state index in [1.54, 1.807) is 0 Å². The van der Waals surface area contributed by atoms with E-state index in [9.17, 15) is 14.3 Å². The van der Waals surface area contributed by atoms with Crippen LogP contribution in [0.2, 0.25) is 0 Å². The van der Waals surface area contributed by atoms with Crippen molar-refractivity contribution in [3.63, 3.8) is 0 Å². The van der Waals surface area contributed by atoms with E-state index in [1.165, 1.54) is 6.07 Å². The minimum absolute atomic E-state index is 0.120. The molecule has 1 saturated heterocycles. The fraction of sp³-hybridized carbons (Fsp3) is 0.533. The van der Waals surface area contributed by atoms with E-state index in [4.69, 9.17) is 0 Å². The number of piperidine rings is 1. The fourth-order valence-corrected chi connectivity index (χ4v) is 2.62. The van der Waals surface area contributed by atoms with Crippen molar-refractivity contribution in [2.24, 2.45) is 0 Å². The van der Waals surface area contributed by atoms with E-state index in [2.05, 4.69) is 17.1 Å². The molecular formula is C15H21FN2O2. The molecule has 5 heteroatoms. The van der Waals surface area contributed by atoms with Gasteiger partial charge < -0.3 is 15.3 Å². The summed E-state index contributed by atoms with van der Waals surface area (Å²) >= 11 is 0. The van der Waals surface area contributed by atoms with E-state index >= 15 is 0 Å². The van der Waals surface area contributed by atoms with Crippen LogP contribution in [0.3, 0.4) is 0 Å². The number of carbonyl (C=O) groups is 1. The van der Waals surface area contributed by atoms with Crippen molar-refractivity contribution >= 4 is 5.91 Å². The molecule has 1 unspecified atom stereocenters. The molecule has 1 aliphatic heterocycles. The summed E-state index contributed by atoms with van der Waals surface area (Å²) in [5.74, 6) is -1.47.